The van der Waals surface area contributed by atoms with Crippen LogP contribution in [0.1, 0.15) is 0 Å². The second-order valence-corrected chi connectivity index (χ2v) is 4.95. The molecule has 0 spiro atoms. The van der Waals surface area contributed by atoms with Gasteiger partial charge in [0.05, 0.1) is 23.8 Å². The Labute approximate surface area is 117 Å². The van der Waals surface area contributed by atoms with Crippen LogP contribution in [0.4, 0.5) is 0 Å². The van der Waals surface area contributed by atoms with Crippen molar-refractivity contribution in [3.8, 4) is 11.4 Å². The highest BCUT2D eigenvalue weighted by Crippen LogP contribution is 2.25. The topological polar surface area (TPSA) is 47.0 Å². The zero-order valence-electron chi connectivity index (χ0n) is 10.2. The summed E-state index contributed by atoms with van der Waals surface area (Å²) in [4.78, 5) is 15.0. The summed E-state index contributed by atoms with van der Waals surface area (Å²) < 4.78 is 7.70. The number of fused-ring (bicyclic) bond motifs is 1. The fourth-order valence-electron chi connectivity index (χ4n) is 2.08. The van der Waals surface area contributed by atoms with Gasteiger partial charge in [-0.3, -0.25) is 4.57 Å². The van der Waals surface area contributed by atoms with Gasteiger partial charge in [-0.05, 0) is 40.2 Å². The Hall–Kier alpha value is -2.01. The summed E-state index contributed by atoms with van der Waals surface area (Å²) in [6.45, 7) is 0. The van der Waals surface area contributed by atoms with Crippen molar-refractivity contribution in [3.63, 3.8) is 0 Å². The van der Waals surface area contributed by atoms with Gasteiger partial charge in [0.25, 0.3) is 0 Å². The first-order chi connectivity index (χ1) is 9.20. The monoisotopic (exact) mass is 318 g/mol. The molecule has 0 fully saturated rings. The van der Waals surface area contributed by atoms with Gasteiger partial charge >= 0.3 is 5.69 Å². The summed E-state index contributed by atoms with van der Waals surface area (Å²) >= 11 is 3.47. The molecule has 1 heterocycles. The maximum absolute atomic E-state index is 12.1. The summed E-state index contributed by atoms with van der Waals surface area (Å²) in [6.07, 6.45) is 0. The van der Waals surface area contributed by atoms with Crippen LogP contribution in [0.25, 0.3) is 16.7 Å². The number of aromatic nitrogens is 2. The SMILES string of the molecule is COc1ccc2[nH]c(=O)n(-c3ccccc3Br)c2c1. The number of halogens is 1. The fraction of sp³-hybridized carbons (Fsp3) is 0.0714. The highest BCUT2D eigenvalue weighted by molar-refractivity contribution is 9.10. The van der Waals surface area contributed by atoms with E-state index in [2.05, 4.69) is 20.9 Å². The van der Waals surface area contributed by atoms with Crippen molar-refractivity contribution in [1.82, 2.24) is 9.55 Å². The molecule has 0 atom stereocenters. The third kappa shape index (κ3) is 1.96. The minimum absolute atomic E-state index is 0.171. The van der Waals surface area contributed by atoms with E-state index in [-0.39, 0.29) is 5.69 Å². The number of rotatable bonds is 2. The normalized spacial score (nSPS) is 10.8. The van der Waals surface area contributed by atoms with Gasteiger partial charge in [0.2, 0.25) is 0 Å². The van der Waals surface area contributed by atoms with Crippen molar-refractivity contribution < 1.29 is 4.74 Å². The van der Waals surface area contributed by atoms with Gasteiger partial charge in [-0.15, -0.1) is 0 Å². The van der Waals surface area contributed by atoms with Crippen LogP contribution in [0.2, 0.25) is 0 Å². The number of nitrogens with one attached hydrogen (secondary N) is 1. The molecule has 2 aromatic carbocycles. The Bertz CT molecular complexity index is 805. The predicted octanol–water partition coefficient (Wildman–Crippen LogP) is 3.09. The van der Waals surface area contributed by atoms with Gasteiger partial charge in [-0.1, -0.05) is 12.1 Å². The van der Waals surface area contributed by atoms with E-state index in [0.29, 0.717) is 5.75 Å². The third-order valence-corrected chi connectivity index (χ3v) is 3.65. The molecular formula is C14H11BrN2O2. The van der Waals surface area contributed by atoms with E-state index in [9.17, 15) is 4.79 Å². The van der Waals surface area contributed by atoms with Gasteiger partial charge in [0.1, 0.15) is 5.75 Å². The number of imidazole rings is 1. The molecule has 0 amide bonds. The lowest BCUT2D eigenvalue weighted by molar-refractivity contribution is 0.415. The average Bonchev–Trinajstić information content (AvgIpc) is 2.74. The summed E-state index contributed by atoms with van der Waals surface area (Å²) in [7, 11) is 1.61. The number of aromatic amines is 1. The summed E-state index contributed by atoms with van der Waals surface area (Å²) in [6, 6.07) is 13.1. The van der Waals surface area contributed by atoms with Gasteiger partial charge in [-0.25, -0.2) is 4.79 Å². The summed E-state index contributed by atoms with van der Waals surface area (Å²) in [5.41, 5.74) is 2.19. The molecule has 0 aliphatic heterocycles. The molecule has 3 rings (SSSR count). The number of nitrogens with zero attached hydrogens (tertiary/aromatic N) is 1. The highest BCUT2D eigenvalue weighted by Gasteiger charge is 2.11. The lowest BCUT2D eigenvalue weighted by atomic mass is 10.2. The van der Waals surface area contributed by atoms with Crippen LogP contribution in [0.3, 0.4) is 0 Å². The zero-order valence-corrected chi connectivity index (χ0v) is 11.8. The molecule has 0 bridgehead atoms. The number of hydrogen-bond donors (Lipinski definition) is 1. The van der Waals surface area contributed by atoms with Crippen molar-refractivity contribution in [3.05, 3.63) is 57.4 Å². The molecule has 0 unspecified atom stereocenters. The van der Waals surface area contributed by atoms with Crippen molar-refractivity contribution in [2.24, 2.45) is 0 Å². The molecule has 4 nitrogen and oxygen atoms in total. The molecule has 3 aromatic rings. The number of para-hydroxylation sites is 1. The molecule has 0 saturated heterocycles. The van der Waals surface area contributed by atoms with Crippen molar-refractivity contribution in [2.75, 3.05) is 7.11 Å². The quantitative estimate of drug-likeness (QED) is 0.789. The maximum atomic E-state index is 12.1. The van der Waals surface area contributed by atoms with Crippen LogP contribution < -0.4 is 10.4 Å². The molecule has 1 aromatic heterocycles. The molecule has 96 valence electrons. The lowest BCUT2D eigenvalue weighted by Gasteiger charge is -2.06. The number of benzene rings is 2. The van der Waals surface area contributed by atoms with Crippen LogP contribution >= 0.6 is 15.9 Å². The first kappa shape index (κ1) is 12.0. The third-order valence-electron chi connectivity index (χ3n) is 2.98. The zero-order chi connectivity index (χ0) is 13.4. The Morgan fingerprint density at radius 2 is 2.00 bits per heavy atom. The second-order valence-electron chi connectivity index (χ2n) is 4.10. The van der Waals surface area contributed by atoms with E-state index >= 15 is 0 Å². The molecule has 0 aliphatic rings. The van der Waals surface area contributed by atoms with Crippen LogP contribution in [0.5, 0.6) is 5.75 Å². The number of H-pyrrole nitrogens is 1. The van der Waals surface area contributed by atoms with E-state index in [0.717, 1.165) is 21.2 Å². The molecule has 5 heteroatoms. The predicted molar refractivity (Wildman–Crippen MR) is 78.1 cm³/mol. The molecule has 0 saturated carbocycles. The molecule has 1 N–H and O–H groups in total. The first-order valence-corrected chi connectivity index (χ1v) is 6.53. The van der Waals surface area contributed by atoms with E-state index in [1.165, 1.54) is 0 Å². The Morgan fingerprint density at radius 1 is 1.21 bits per heavy atom. The van der Waals surface area contributed by atoms with E-state index in [4.69, 9.17) is 4.74 Å². The molecule has 0 aliphatic carbocycles. The van der Waals surface area contributed by atoms with Gasteiger partial charge in [0, 0.05) is 10.5 Å². The van der Waals surface area contributed by atoms with Crippen molar-refractivity contribution >= 4 is 27.0 Å². The highest BCUT2D eigenvalue weighted by atomic mass is 79.9. The number of ether oxygens (including phenoxy) is 1. The average molecular weight is 319 g/mol. The first-order valence-electron chi connectivity index (χ1n) is 5.74. The number of methoxy groups -OCH3 is 1. The summed E-state index contributed by atoms with van der Waals surface area (Å²) in [5.74, 6) is 0.715. The lowest BCUT2D eigenvalue weighted by Crippen LogP contribution is -2.14. The van der Waals surface area contributed by atoms with Gasteiger partial charge < -0.3 is 9.72 Å². The van der Waals surface area contributed by atoms with Gasteiger partial charge in [0.15, 0.2) is 0 Å². The van der Waals surface area contributed by atoms with Crippen LogP contribution in [0, 0.1) is 0 Å². The summed E-state index contributed by atoms with van der Waals surface area (Å²) in [5, 5.41) is 0. The Morgan fingerprint density at radius 3 is 2.74 bits per heavy atom. The van der Waals surface area contributed by atoms with Crippen molar-refractivity contribution in [1.29, 1.82) is 0 Å². The van der Waals surface area contributed by atoms with Crippen LogP contribution in [-0.4, -0.2) is 16.7 Å². The van der Waals surface area contributed by atoms with Crippen LogP contribution in [0.15, 0.2) is 51.7 Å². The molecular weight excluding hydrogens is 308 g/mol. The second kappa shape index (κ2) is 4.59. The fourth-order valence-corrected chi connectivity index (χ4v) is 2.54. The minimum atomic E-state index is -0.171. The smallest absolute Gasteiger partial charge is 0.331 e. The van der Waals surface area contributed by atoms with Crippen molar-refractivity contribution in [2.45, 2.75) is 0 Å². The molecule has 19 heavy (non-hydrogen) atoms. The van der Waals surface area contributed by atoms with Crippen LogP contribution in [-0.2, 0) is 0 Å². The minimum Gasteiger partial charge on any atom is -0.497 e. The number of hydrogen-bond acceptors (Lipinski definition) is 2. The van der Waals surface area contributed by atoms with Gasteiger partial charge in [-0.2, -0.15) is 0 Å². The largest absolute Gasteiger partial charge is 0.497 e. The van der Waals surface area contributed by atoms with E-state index in [1.54, 1.807) is 11.7 Å². The Kier molecular flexibility index (Phi) is 2.91. The molecule has 0 radical (unpaired) electrons. The Balaban J connectivity index is 2.37. The maximum Gasteiger partial charge on any atom is 0.331 e. The standard InChI is InChI=1S/C14H11BrN2O2/c1-19-9-6-7-11-13(8-9)17(14(18)16-11)12-5-3-2-4-10(12)15/h2-8H,1H3,(H,16,18). The van der Waals surface area contributed by atoms with E-state index in [1.807, 2.05) is 42.5 Å². The van der Waals surface area contributed by atoms with E-state index < -0.39 is 0 Å².